The number of benzene rings is 7. The molecule has 7 aromatic carbocycles. The quantitative estimate of drug-likeness (QED) is 0.169. The lowest BCUT2D eigenvalue weighted by Gasteiger charge is -2.11. The largest absolute Gasteiger partial charge is 0.456 e. The number of aromatic nitrogens is 5. The van der Waals surface area contributed by atoms with Crippen molar-refractivity contribution in [2.45, 2.75) is 0 Å². The maximum absolute atomic E-state index is 6.24. The number of hydrogen-bond donors (Lipinski definition) is 0. The summed E-state index contributed by atoms with van der Waals surface area (Å²) in [6.45, 7) is 0. The van der Waals surface area contributed by atoms with Crippen molar-refractivity contribution < 1.29 is 4.42 Å². The lowest BCUT2D eigenvalue weighted by molar-refractivity contribution is 0.669. The van der Waals surface area contributed by atoms with Gasteiger partial charge in [0.25, 0.3) is 0 Å². The van der Waals surface area contributed by atoms with Gasteiger partial charge in [0.1, 0.15) is 11.2 Å². The SMILES string of the molecule is c1ccc(-c2cc(-c3ccccc3)nc(-c3cccc4sc5cc(-c6nc(-c7ccccc7)nc(-c7cccc8oc9ccccc9c78)n6)ccc5c34)n2)cc1. The summed E-state index contributed by atoms with van der Waals surface area (Å²) >= 11 is 1.75. The van der Waals surface area contributed by atoms with Gasteiger partial charge in [0.2, 0.25) is 0 Å². The molecule has 0 fully saturated rings. The Kier molecular flexibility index (Phi) is 7.57. The van der Waals surface area contributed by atoms with Gasteiger partial charge in [-0.1, -0.05) is 146 Å². The van der Waals surface area contributed by atoms with Crippen molar-refractivity contribution in [3.8, 4) is 68.1 Å². The molecule has 0 radical (unpaired) electrons. The average Bonchev–Trinajstić information content (AvgIpc) is 3.85. The molecule has 0 spiro atoms. The molecule has 0 aliphatic carbocycles. The fourth-order valence-corrected chi connectivity index (χ4v) is 8.71. The van der Waals surface area contributed by atoms with Gasteiger partial charge < -0.3 is 4.42 Å². The topological polar surface area (TPSA) is 77.6 Å². The van der Waals surface area contributed by atoms with E-state index in [1.807, 2.05) is 97.1 Å². The van der Waals surface area contributed by atoms with E-state index in [1.54, 1.807) is 11.3 Å². The summed E-state index contributed by atoms with van der Waals surface area (Å²) in [4.78, 5) is 25.6. The summed E-state index contributed by atoms with van der Waals surface area (Å²) in [5.74, 6) is 2.49. The minimum atomic E-state index is 0.592. The lowest BCUT2D eigenvalue weighted by atomic mass is 10.0. The molecule has 7 heteroatoms. The predicted octanol–water partition coefficient (Wildman–Crippen LogP) is 12.9. The molecule has 0 unspecified atom stereocenters. The Morgan fingerprint density at radius 2 is 0.893 bits per heavy atom. The van der Waals surface area contributed by atoms with Gasteiger partial charge in [-0.15, -0.1) is 11.3 Å². The first-order valence-corrected chi connectivity index (χ1v) is 19.2. The summed E-state index contributed by atoms with van der Waals surface area (Å²) < 4.78 is 8.52. The highest BCUT2D eigenvalue weighted by molar-refractivity contribution is 7.26. The summed E-state index contributed by atoms with van der Waals surface area (Å²) in [5.41, 5.74) is 9.19. The number of fused-ring (bicyclic) bond motifs is 6. The molecule has 0 saturated heterocycles. The number of thiophene rings is 1. The number of para-hydroxylation sites is 1. The highest BCUT2D eigenvalue weighted by Crippen LogP contribution is 2.42. The molecule has 0 bridgehead atoms. The maximum atomic E-state index is 6.24. The van der Waals surface area contributed by atoms with E-state index in [4.69, 9.17) is 29.3 Å². The van der Waals surface area contributed by atoms with E-state index in [0.717, 1.165) is 86.9 Å². The molecule has 0 aliphatic rings. The molecule has 4 aromatic heterocycles. The van der Waals surface area contributed by atoms with Crippen LogP contribution in [0.15, 0.2) is 180 Å². The van der Waals surface area contributed by atoms with Gasteiger partial charge >= 0.3 is 0 Å². The molecule has 56 heavy (non-hydrogen) atoms. The summed E-state index contributed by atoms with van der Waals surface area (Å²) in [6, 6.07) is 59.8. The van der Waals surface area contributed by atoms with Crippen LogP contribution in [-0.2, 0) is 0 Å². The van der Waals surface area contributed by atoms with Crippen molar-refractivity contribution in [2.24, 2.45) is 0 Å². The van der Waals surface area contributed by atoms with E-state index in [1.165, 1.54) is 0 Å². The molecule has 4 heterocycles. The first-order valence-electron chi connectivity index (χ1n) is 18.4. The van der Waals surface area contributed by atoms with Gasteiger partial charge in [-0.3, -0.25) is 0 Å². The van der Waals surface area contributed by atoms with Crippen LogP contribution in [0.4, 0.5) is 0 Å². The van der Waals surface area contributed by atoms with Crippen LogP contribution in [0.2, 0.25) is 0 Å². The molecule has 0 aliphatic heterocycles. The molecule has 262 valence electrons. The maximum Gasteiger partial charge on any atom is 0.164 e. The molecule has 11 rings (SSSR count). The van der Waals surface area contributed by atoms with Gasteiger partial charge in [0, 0.05) is 64.3 Å². The highest BCUT2D eigenvalue weighted by Gasteiger charge is 2.20. The lowest BCUT2D eigenvalue weighted by Crippen LogP contribution is -2.00. The molecule has 0 amide bonds. The van der Waals surface area contributed by atoms with E-state index in [0.29, 0.717) is 23.3 Å². The monoisotopic (exact) mass is 735 g/mol. The molecular weight excluding hydrogens is 707 g/mol. The van der Waals surface area contributed by atoms with Gasteiger partial charge in [0.05, 0.1) is 11.4 Å². The van der Waals surface area contributed by atoms with E-state index >= 15 is 0 Å². The van der Waals surface area contributed by atoms with Crippen molar-refractivity contribution in [3.05, 3.63) is 176 Å². The van der Waals surface area contributed by atoms with Gasteiger partial charge in [0.15, 0.2) is 23.3 Å². The molecule has 6 nitrogen and oxygen atoms in total. The van der Waals surface area contributed by atoms with E-state index in [2.05, 4.69) is 78.9 Å². The minimum absolute atomic E-state index is 0.592. The van der Waals surface area contributed by atoms with Crippen molar-refractivity contribution in [1.29, 1.82) is 0 Å². The molecule has 0 atom stereocenters. The fraction of sp³-hybridized carbons (Fsp3) is 0. The van der Waals surface area contributed by atoms with E-state index in [-0.39, 0.29) is 0 Å². The van der Waals surface area contributed by atoms with Crippen molar-refractivity contribution in [1.82, 2.24) is 24.9 Å². The van der Waals surface area contributed by atoms with Gasteiger partial charge in [-0.05, 0) is 30.3 Å². The van der Waals surface area contributed by atoms with Crippen LogP contribution >= 0.6 is 11.3 Å². The van der Waals surface area contributed by atoms with Crippen LogP contribution in [0.25, 0.3) is 110 Å². The van der Waals surface area contributed by atoms with Crippen LogP contribution in [-0.4, -0.2) is 24.9 Å². The zero-order chi connectivity index (χ0) is 37.0. The van der Waals surface area contributed by atoms with Crippen LogP contribution in [0.3, 0.4) is 0 Å². The van der Waals surface area contributed by atoms with Crippen molar-refractivity contribution in [2.75, 3.05) is 0 Å². The zero-order valence-corrected chi connectivity index (χ0v) is 30.6. The third kappa shape index (κ3) is 5.52. The Labute approximate surface area is 325 Å². The van der Waals surface area contributed by atoms with Crippen LogP contribution < -0.4 is 0 Å². The Morgan fingerprint density at radius 1 is 0.339 bits per heavy atom. The first-order chi connectivity index (χ1) is 27.7. The number of furan rings is 1. The predicted molar refractivity (Wildman–Crippen MR) is 228 cm³/mol. The Balaban J connectivity index is 1.08. The second-order valence-corrected chi connectivity index (χ2v) is 14.7. The minimum Gasteiger partial charge on any atom is -0.456 e. The Bertz CT molecular complexity index is 3190. The number of nitrogens with zero attached hydrogens (tertiary/aromatic N) is 5. The Hall–Kier alpha value is -7.35. The van der Waals surface area contributed by atoms with Crippen LogP contribution in [0.1, 0.15) is 0 Å². The smallest absolute Gasteiger partial charge is 0.164 e. The fourth-order valence-electron chi connectivity index (χ4n) is 7.54. The molecular formula is C49H29N5OS. The van der Waals surface area contributed by atoms with Crippen LogP contribution in [0.5, 0.6) is 0 Å². The second kappa shape index (κ2) is 13.2. The van der Waals surface area contributed by atoms with Gasteiger partial charge in [-0.2, -0.15) is 0 Å². The van der Waals surface area contributed by atoms with Crippen LogP contribution in [0, 0.1) is 0 Å². The molecule has 0 N–H and O–H groups in total. The van der Waals surface area contributed by atoms with Crippen molar-refractivity contribution >= 4 is 53.4 Å². The highest BCUT2D eigenvalue weighted by atomic mass is 32.1. The van der Waals surface area contributed by atoms with Crippen molar-refractivity contribution in [3.63, 3.8) is 0 Å². The summed E-state index contributed by atoms with van der Waals surface area (Å²) in [7, 11) is 0. The zero-order valence-electron chi connectivity index (χ0n) is 29.8. The summed E-state index contributed by atoms with van der Waals surface area (Å²) in [5, 5.41) is 4.27. The standard InChI is InChI=1S/C49H29N5OS/c1-4-14-30(15-5-1)38-29-39(31-16-6-2-7-17-31)51-48(50-38)37-22-13-25-42-45(37)35-27-26-33(28-43(35)56-42)47-52-46(32-18-8-3-9-19-32)53-49(54-47)36-21-12-24-41-44(36)34-20-10-11-23-40(34)55-41/h1-29H. The first kappa shape index (κ1) is 32.1. The summed E-state index contributed by atoms with van der Waals surface area (Å²) in [6.07, 6.45) is 0. The third-order valence-electron chi connectivity index (χ3n) is 10.2. The second-order valence-electron chi connectivity index (χ2n) is 13.6. The normalized spacial score (nSPS) is 11.6. The number of rotatable bonds is 6. The Morgan fingerprint density at radius 3 is 1.61 bits per heavy atom. The third-order valence-corrected chi connectivity index (χ3v) is 11.3. The molecule has 11 aromatic rings. The average molecular weight is 736 g/mol. The van der Waals surface area contributed by atoms with Gasteiger partial charge in [-0.25, -0.2) is 24.9 Å². The van der Waals surface area contributed by atoms with E-state index in [9.17, 15) is 0 Å². The molecule has 0 saturated carbocycles. The number of hydrogen-bond acceptors (Lipinski definition) is 7. The van der Waals surface area contributed by atoms with E-state index < -0.39 is 0 Å².